The summed E-state index contributed by atoms with van der Waals surface area (Å²) in [5.41, 5.74) is 5.66. The van der Waals surface area contributed by atoms with Crippen LogP contribution in [0.1, 0.15) is 25.5 Å². The fraction of sp³-hybridized carbons (Fsp3) is 0.667. The molecule has 0 fully saturated rings. The summed E-state index contributed by atoms with van der Waals surface area (Å²) in [4.78, 5) is 10.5. The first kappa shape index (κ1) is 12.4. The van der Waals surface area contributed by atoms with Gasteiger partial charge in [0.15, 0.2) is 0 Å². The van der Waals surface area contributed by atoms with Gasteiger partial charge in [-0.05, 0) is 0 Å². The van der Waals surface area contributed by atoms with Gasteiger partial charge in [0, 0.05) is 19.5 Å². The van der Waals surface area contributed by atoms with Crippen molar-refractivity contribution in [1.82, 2.24) is 9.78 Å². The lowest BCUT2D eigenvalue weighted by molar-refractivity contribution is -0.386. The molecule has 1 aromatic heterocycles. The van der Waals surface area contributed by atoms with Gasteiger partial charge >= 0.3 is 5.69 Å². The molecule has 90 valence electrons. The Kier molecular flexibility index (Phi) is 3.83. The van der Waals surface area contributed by atoms with Crippen molar-refractivity contribution in [2.24, 2.45) is 12.8 Å². The van der Waals surface area contributed by atoms with Crippen molar-refractivity contribution in [1.29, 1.82) is 0 Å². The molecule has 1 rings (SSSR count). The Labute approximate surface area is 93.3 Å². The van der Waals surface area contributed by atoms with Crippen molar-refractivity contribution in [2.75, 3.05) is 13.2 Å². The Hall–Kier alpha value is -1.63. The fourth-order valence-electron chi connectivity index (χ4n) is 1.40. The van der Waals surface area contributed by atoms with Crippen LogP contribution in [0, 0.1) is 10.1 Å². The number of hydrogen-bond acceptors (Lipinski definition) is 5. The number of aryl methyl sites for hydroxylation is 1. The topological polar surface area (TPSA) is 96.2 Å². The molecule has 0 saturated carbocycles. The third-order valence-corrected chi connectivity index (χ3v) is 2.08. The summed E-state index contributed by atoms with van der Waals surface area (Å²) in [6.07, 6.45) is 0. The van der Waals surface area contributed by atoms with Crippen molar-refractivity contribution in [3.8, 4) is 5.88 Å². The van der Waals surface area contributed by atoms with E-state index in [1.807, 2.05) is 13.8 Å². The molecule has 0 saturated heterocycles. The first-order valence-electron chi connectivity index (χ1n) is 5.03. The number of rotatable bonds is 5. The molecule has 0 spiro atoms. The third kappa shape index (κ3) is 2.30. The van der Waals surface area contributed by atoms with Crippen LogP contribution in [-0.4, -0.2) is 27.9 Å². The van der Waals surface area contributed by atoms with E-state index in [4.69, 9.17) is 10.5 Å². The lowest BCUT2D eigenvalue weighted by atomic mass is 10.1. The molecular weight excluding hydrogens is 212 g/mol. The van der Waals surface area contributed by atoms with Gasteiger partial charge in [0.25, 0.3) is 5.88 Å². The molecule has 16 heavy (non-hydrogen) atoms. The average molecular weight is 228 g/mol. The largest absolute Gasteiger partial charge is 0.472 e. The predicted molar refractivity (Wildman–Crippen MR) is 58.5 cm³/mol. The van der Waals surface area contributed by atoms with Crippen molar-refractivity contribution in [3.05, 3.63) is 15.8 Å². The molecule has 7 nitrogen and oxygen atoms in total. The number of nitrogens with two attached hydrogens (primary N) is 1. The minimum Gasteiger partial charge on any atom is -0.472 e. The highest BCUT2D eigenvalue weighted by molar-refractivity contribution is 5.47. The quantitative estimate of drug-likeness (QED) is 0.593. The standard InChI is InChI=1S/C9H16N4O3/c1-6(2)7-8(13(14)15)9(12(3)11-7)16-5-4-10/h6H,4-5,10H2,1-3H3. The highest BCUT2D eigenvalue weighted by atomic mass is 16.6. The molecule has 7 heteroatoms. The van der Waals surface area contributed by atoms with E-state index in [1.54, 1.807) is 7.05 Å². The summed E-state index contributed by atoms with van der Waals surface area (Å²) in [6, 6.07) is 0. The van der Waals surface area contributed by atoms with Gasteiger partial charge in [0.2, 0.25) is 0 Å². The Morgan fingerprint density at radius 3 is 2.69 bits per heavy atom. The molecule has 0 aliphatic rings. The number of nitro groups is 1. The smallest absolute Gasteiger partial charge is 0.353 e. The Bertz CT molecular complexity index is 386. The second-order valence-corrected chi connectivity index (χ2v) is 3.71. The first-order chi connectivity index (χ1) is 7.49. The van der Waals surface area contributed by atoms with E-state index >= 15 is 0 Å². The van der Waals surface area contributed by atoms with Crippen LogP contribution in [-0.2, 0) is 7.05 Å². The zero-order chi connectivity index (χ0) is 12.3. The second-order valence-electron chi connectivity index (χ2n) is 3.71. The van der Waals surface area contributed by atoms with Crippen LogP contribution in [0.4, 0.5) is 5.69 Å². The summed E-state index contributed by atoms with van der Waals surface area (Å²) >= 11 is 0. The Balaban J connectivity index is 3.19. The Morgan fingerprint density at radius 1 is 1.62 bits per heavy atom. The van der Waals surface area contributed by atoms with Crippen LogP contribution >= 0.6 is 0 Å². The van der Waals surface area contributed by atoms with Crippen molar-refractivity contribution >= 4 is 5.69 Å². The van der Waals surface area contributed by atoms with Gasteiger partial charge in [0.05, 0.1) is 4.92 Å². The minimum absolute atomic E-state index is 0.0261. The van der Waals surface area contributed by atoms with E-state index in [-0.39, 0.29) is 24.1 Å². The molecule has 0 unspecified atom stereocenters. The molecule has 1 aromatic rings. The second kappa shape index (κ2) is 4.93. The van der Waals surface area contributed by atoms with Gasteiger partial charge in [0.1, 0.15) is 12.3 Å². The van der Waals surface area contributed by atoms with Crippen LogP contribution in [0.25, 0.3) is 0 Å². The molecular formula is C9H16N4O3. The monoisotopic (exact) mass is 228 g/mol. The molecule has 0 atom stereocenters. The average Bonchev–Trinajstić information content (AvgIpc) is 2.52. The van der Waals surface area contributed by atoms with Gasteiger partial charge in [-0.15, -0.1) is 0 Å². The molecule has 1 heterocycles. The molecule has 0 aliphatic heterocycles. The lowest BCUT2D eigenvalue weighted by Gasteiger charge is -2.03. The molecule has 0 aliphatic carbocycles. The number of aromatic nitrogens is 2. The van der Waals surface area contributed by atoms with Gasteiger partial charge in [-0.3, -0.25) is 10.1 Å². The highest BCUT2D eigenvalue weighted by Crippen LogP contribution is 2.34. The predicted octanol–water partition coefficient (Wildman–Crippen LogP) is 0.789. The SMILES string of the molecule is CC(C)c1nn(C)c(OCCN)c1[N+](=O)[O-]. The minimum atomic E-state index is -0.464. The van der Waals surface area contributed by atoms with E-state index in [2.05, 4.69) is 5.10 Å². The van der Waals surface area contributed by atoms with Crippen LogP contribution < -0.4 is 10.5 Å². The number of ether oxygens (including phenoxy) is 1. The summed E-state index contributed by atoms with van der Waals surface area (Å²) < 4.78 is 6.62. The van der Waals surface area contributed by atoms with Crippen LogP contribution in [0.3, 0.4) is 0 Å². The van der Waals surface area contributed by atoms with Gasteiger partial charge in [-0.1, -0.05) is 13.8 Å². The Morgan fingerprint density at radius 2 is 2.25 bits per heavy atom. The van der Waals surface area contributed by atoms with E-state index < -0.39 is 4.92 Å². The van der Waals surface area contributed by atoms with Crippen molar-refractivity contribution in [3.63, 3.8) is 0 Å². The van der Waals surface area contributed by atoms with Crippen molar-refractivity contribution < 1.29 is 9.66 Å². The maximum absolute atomic E-state index is 11.0. The number of hydrogen-bond donors (Lipinski definition) is 1. The molecule has 0 bridgehead atoms. The highest BCUT2D eigenvalue weighted by Gasteiger charge is 2.29. The molecule has 2 N–H and O–H groups in total. The summed E-state index contributed by atoms with van der Waals surface area (Å²) in [7, 11) is 1.62. The zero-order valence-electron chi connectivity index (χ0n) is 9.64. The lowest BCUT2D eigenvalue weighted by Crippen LogP contribution is -2.13. The molecule has 0 amide bonds. The maximum atomic E-state index is 11.0. The van der Waals surface area contributed by atoms with Crippen LogP contribution in [0.15, 0.2) is 0 Å². The van der Waals surface area contributed by atoms with E-state index in [9.17, 15) is 10.1 Å². The zero-order valence-corrected chi connectivity index (χ0v) is 9.64. The van der Waals surface area contributed by atoms with Gasteiger partial charge in [-0.2, -0.15) is 5.10 Å². The van der Waals surface area contributed by atoms with Gasteiger partial charge in [-0.25, -0.2) is 4.68 Å². The maximum Gasteiger partial charge on any atom is 0.353 e. The summed E-state index contributed by atoms with van der Waals surface area (Å²) in [5, 5.41) is 15.1. The fourth-order valence-corrected chi connectivity index (χ4v) is 1.40. The van der Waals surface area contributed by atoms with Crippen LogP contribution in [0.5, 0.6) is 5.88 Å². The normalized spacial score (nSPS) is 10.8. The van der Waals surface area contributed by atoms with Crippen LogP contribution in [0.2, 0.25) is 0 Å². The third-order valence-electron chi connectivity index (χ3n) is 2.08. The summed E-state index contributed by atoms with van der Waals surface area (Å²) in [5.74, 6) is 0.140. The van der Waals surface area contributed by atoms with E-state index in [0.29, 0.717) is 12.2 Å². The van der Waals surface area contributed by atoms with E-state index in [1.165, 1.54) is 4.68 Å². The molecule has 0 radical (unpaired) electrons. The van der Waals surface area contributed by atoms with Crippen molar-refractivity contribution in [2.45, 2.75) is 19.8 Å². The van der Waals surface area contributed by atoms with Gasteiger partial charge < -0.3 is 10.5 Å². The summed E-state index contributed by atoms with van der Waals surface area (Å²) in [6.45, 7) is 4.24. The van der Waals surface area contributed by atoms with E-state index in [0.717, 1.165) is 0 Å². The first-order valence-corrected chi connectivity index (χ1v) is 5.03. The molecule has 0 aromatic carbocycles. The number of nitrogens with zero attached hydrogens (tertiary/aromatic N) is 3.